The molecule has 0 atom stereocenters. The van der Waals surface area contributed by atoms with Crippen LogP contribution in [0.5, 0.6) is 0 Å². The van der Waals surface area contributed by atoms with Crippen molar-refractivity contribution in [1.29, 1.82) is 0 Å². The summed E-state index contributed by atoms with van der Waals surface area (Å²) in [5.74, 6) is -1.72. The van der Waals surface area contributed by atoms with Crippen LogP contribution in [0.25, 0.3) is 0 Å². The van der Waals surface area contributed by atoms with Crippen molar-refractivity contribution in [1.82, 2.24) is 4.98 Å². The van der Waals surface area contributed by atoms with Gasteiger partial charge in [0.15, 0.2) is 0 Å². The van der Waals surface area contributed by atoms with Crippen molar-refractivity contribution in [3.63, 3.8) is 0 Å². The molecule has 0 saturated heterocycles. The normalized spacial score (nSPS) is 10.4. The Kier molecular flexibility index (Phi) is 5.30. The standard InChI is InChI=1S/C20H18F2N4O/c1-26(2)16-7-4-14(5-8-16)25-20(27)19-10-6-15(12-23-19)24-18-9-3-13(21)11-17(18)22/h3-12,24H,1-2H3,(H,25,27). The third kappa shape index (κ3) is 4.58. The first-order chi connectivity index (χ1) is 12.9. The number of aromatic nitrogens is 1. The number of nitrogens with zero attached hydrogens (tertiary/aromatic N) is 2. The highest BCUT2D eigenvalue weighted by molar-refractivity contribution is 6.03. The molecule has 1 amide bonds. The Morgan fingerprint density at radius 1 is 0.963 bits per heavy atom. The van der Waals surface area contributed by atoms with Crippen molar-refractivity contribution < 1.29 is 13.6 Å². The van der Waals surface area contributed by atoms with E-state index in [2.05, 4.69) is 15.6 Å². The van der Waals surface area contributed by atoms with E-state index >= 15 is 0 Å². The van der Waals surface area contributed by atoms with E-state index < -0.39 is 11.6 Å². The number of rotatable bonds is 5. The molecule has 0 aliphatic rings. The van der Waals surface area contributed by atoms with Gasteiger partial charge in [-0.05, 0) is 48.5 Å². The first-order valence-electron chi connectivity index (χ1n) is 8.19. The summed E-state index contributed by atoms with van der Waals surface area (Å²) in [6.07, 6.45) is 1.41. The Morgan fingerprint density at radius 3 is 2.26 bits per heavy atom. The summed E-state index contributed by atoms with van der Waals surface area (Å²) in [7, 11) is 3.87. The second-order valence-corrected chi connectivity index (χ2v) is 6.08. The molecule has 1 heterocycles. The number of nitrogens with one attached hydrogen (secondary N) is 2. The van der Waals surface area contributed by atoms with E-state index in [0.717, 1.165) is 17.8 Å². The molecule has 1 aromatic heterocycles. The fraction of sp³-hybridized carbons (Fsp3) is 0.100. The second-order valence-electron chi connectivity index (χ2n) is 6.08. The van der Waals surface area contributed by atoms with E-state index in [1.54, 1.807) is 18.2 Å². The topological polar surface area (TPSA) is 57.3 Å². The lowest BCUT2D eigenvalue weighted by Crippen LogP contribution is -2.14. The molecule has 5 nitrogen and oxygen atoms in total. The summed E-state index contributed by atoms with van der Waals surface area (Å²) in [6, 6.07) is 13.8. The van der Waals surface area contributed by atoms with Crippen LogP contribution in [0, 0.1) is 11.6 Å². The average molecular weight is 368 g/mol. The molecule has 2 aromatic carbocycles. The van der Waals surface area contributed by atoms with Gasteiger partial charge in [0, 0.05) is 31.5 Å². The van der Waals surface area contributed by atoms with Gasteiger partial charge in [-0.3, -0.25) is 4.79 Å². The molecule has 0 fully saturated rings. The van der Waals surface area contributed by atoms with Crippen LogP contribution in [0.15, 0.2) is 60.8 Å². The third-order valence-corrected chi connectivity index (χ3v) is 3.85. The molecule has 0 aliphatic carbocycles. The third-order valence-electron chi connectivity index (χ3n) is 3.85. The van der Waals surface area contributed by atoms with Gasteiger partial charge < -0.3 is 15.5 Å². The second kappa shape index (κ2) is 7.82. The quantitative estimate of drug-likeness (QED) is 0.700. The molecule has 0 bridgehead atoms. The molecular weight excluding hydrogens is 350 g/mol. The maximum absolute atomic E-state index is 13.7. The molecule has 3 rings (SSSR count). The summed E-state index contributed by atoms with van der Waals surface area (Å²) < 4.78 is 26.6. The summed E-state index contributed by atoms with van der Waals surface area (Å²) >= 11 is 0. The van der Waals surface area contributed by atoms with Crippen LogP contribution in [0.1, 0.15) is 10.5 Å². The minimum absolute atomic E-state index is 0.122. The maximum Gasteiger partial charge on any atom is 0.274 e. The smallest absolute Gasteiger partial charge is 0.274 e. The predicted molar refractivity (Wildman–Crippen MR) is 103 cm³/mol. The van der Waals surface area contributed by atoms with Crippen LogP contribution in [-0.4, -0.2) is 25.0 Å². The van der Waals surface area contributed by atoms with E-state index in [0.29, 0.717) is 11.4 Å². The number of carbonyl (C=O) groups is 1. The van der Waals surface area contributed by atoms with Gasteiger partial charge in [-0.15, -0.1) is 0 Å². The fourth-order valence-corrected chi connectivity index (χ4v) is 2.39. The zero-order valence-electron chi connectivity index (χ0n) is 14.8. The van der Waals surface area contributed by atoms with Crippen LogP contribution in [0.4, 0.5) is 31.5 Å². The highest BCUT2D eigenvalue weighted by atomic mass is 19.1. The number of amides is 1. The first kappa shape index (κ1) is 18.3. The molecule has 27 heavy (non-hydrogen) atoms. The molecule has 0 saturated carbocycles. The number of benzene rings is 2. The number of pyridine rings is 1. The molecule has 0 radical (unpaired) electrons. The summed E-state index contributed by atoms with van der Waals surface area (Å²) in [4.78, 5) is 18.3. The lowest BCUT2D eigenvalue weighted by Gasteiger charge is -2.13. The zero-order chi connectivity index (χ0) is 19.4. The van der Waals surface area contributed by atoms with E-state index in [9.17, 15) is 13.6 Å². The van der Waals surface area contributed by atoms with Gasteiger partial charge in [-0.2, -0.15) is 0 Å². The Labute approximate surface area is 155 Å². The van der Waals surface area contributed by atoms with Crippen molar-refractivity contribution in [2.24, 2.45) is 0 Å². The van der Waals surface area contributed by atoms with Crippen LogP contribution in [0.2, 0.25) is 0 Å². The number of hydrogen-bond donors (Lipinski definition) is 2. The molecular formula is C20H18F2N4O. The Hall–Kier alpha value is -3.48. The predicted octanol–water partition coefficient (Wildman–Crippen LogP) is 4.42. The van der Waals surface area contributed by atoms with Crippen molar-refractivity contribution in [3.8, 4) is 0 Å². The highest BCUT2D eigenvalue weighted by Crippen LogP contribution is 2.21. The van der Waals surface area contributed by atoms with Gasteiger partial charge in [0.1, 0.15) is 17.3 Å². The Bertz CT molecular complexity index is 941. The van der Waals surface area contributed by atoms with Crippen molar-refractivity contribution >= 4 is 28.7 Å². The van der Waals surface area contributed by atoms with E-state index in [-0.39, 0.29) is 17.3 Å². The van der Waals surface area contributed by atoms with E-state index in [4.69, 9.17) is 0 Å². The Morgan fingerprint density at radius 2 is 1.67 bits per heavy atom. The summed E-state index contributed by atoms with van der Waals surface area (Å²) in [5.41, 5.74) is 2.50. The number of halogens is 2. The lowest BCUT2D eigenvalue weighted by atomic mass is 10.2. The van der Waals surface area contributed by atoms with Gasteiger partial charge in [-0.25, -0.2) is 13.8 Å². The minimum atomic E-state index is -0.710. The number of carbonyl (C=O) groups excluding carboxylic acids is 1. The fourth-order valence-electron chi connectivity index (χ4n) is 2.39. The maximum atomic E-state index is 13.7. The van der Waals surface area contributed by atoms with Gasteiger partial charge in [0.05, 0.1) is 17.6 Å². The van der Waals surface area contributed by atoms with Crippen LogP contribution in [0.3, 0.4) is 0 Å². The monoisotopic (exact) mass is 368 g/mol. The van der Waals surface area contributed by atoms with Crippen LogP contribution >= 0.6 is 0 Å². The molecule has 3 aromatic rings. The van der Waals surface area contributed by atoms with E-state index in [1.165, 1.54) is 18.3 Å². The number of hydrogen-bond acceptors (Lipinski definition) is 4. The van der Waals surface area contributed by atoms with Crippen LogP contribution < -0.4 is 15.5 Å². The largest absolute Gasteiger partial charge is 0.378 e. The average Bonchev–Trinajstić information content (AvgIpc) is 2.65. The molecule has 0 spiro atoms. The van der Waals surface area contributed by atoms with Gasteiger partial charge in [0.2, 0.25) is 0 Å². The number of anilines is 4. The lowest BCUT2D eigenvalue weighted by molar-refractivity contribution is 0.102. The van der Waals surface area contributed by atoms with Gasteiger partial charge >= 0.3 is 0 Å². The highest BCUT2D eigenvalue weighted by Gasteiger charge is 2.09. The minimum Gasteiger partial charge on any atom is -0.378 e. The molecule has 0 unspecified atom stereocenters. The van der Waals surface area contributed by atoms with E-state index in [1.807, 2.05) is 31.1 Å². The summed E-state index contributed by atoms with van der Waals surface area (Å²) in [6.45, 7) is 0. The molecule has 0 aliphatic heterocycles. The molecule has 138 valence electrons. The molecule has 7 heteroatoms. The van der Waals surface area contributed by atoms with Crippen molar-refractivity contribution in [2.45, 2.75) is 0 Å². The van der Waals surface area contributed by atoms with Gasteiger partial charge in [-0.1, -0.05) is 0 Å². The SMILES string of the molecule is CN(C)c1ccc(NC(=O)c2ccc(Nc3ccc(F)cc3F)cn2)cc1. The first-order valence-corrected chi connectivity index (χ1v) is 8.19. The van der Waals surface area contributed by atoms with Gasteiger partial charge in [0.25, 0.3) is 5.91 Å². The summed E-state index contributed by atoms with van der Waals surface area (Å²) in [5, 5.41) is 5.56. The van der Waals surface area contributed by atoms with Crippen molar-refractivity contribution in [3.05, 3.63) is 78.1 Å². The van der Waals surface area contributed by atoms with Crippen LogP contribution in [-0.2, 0) is 0 Å². The zero-order valence-corrected chi connectivity index (χ0v) is 14.8. The van der Waals surface area contributed by atoms with Crippen molar-refractivity contribution in [2.75, 3.05) is 29.6 Å². The Balaban J connectivity index is 1.66. The molecule has 2 N–H and O–H groups in total.